The second kappa shape index (κ2) is 13.1. The molecule has 0 heterocycles. The Morgan fingerprint density at radius 1 is 0.885 bits per heavy atom. The topological polar surface area (TPSA) is 72.8 Å². The van der Waals surface area contributed by atoms with Gasteiger partial charge in [0.2, 0.25) is 0 Å². The molecule has 150 valence electrons. The van der Waals surface area contributed by atoms with Gasteiger partial charge in [0.1, 0.15) is 19.0 Å². The molecule has 1 aromatic carbocycles. The summed E-state index contributed by atoms with van der Waals surface area (Å²) in [6, 6.07) is 6.27. The lowest BCUT2D eigenvalue weighted by molar-refractivity contribution is 0.201. The van der Waals surface area contributed by atoms with E-state index in [1.165, 1.54) is 56.1 Å². The van der Waals surface area contributed by atoms with Crippen LogP contribution in [0.1, 0.15) is 76.3 Å². The Morgan fingerprint density at radius 3 is 2.15 bits per heavy atom. The van der Waals surface area contributed by atoms with Crippen LogP contribution in [-0.4, -0.2) is 26.2 Å². The summed E-state index contributed by atoms with van der Waals surface area (Å²) in [4.78, 5) is 0. The quantitative estimate of drug-likeness (QED) is 0.334. The molecule has 6 heteroatoms. The maximum Gasteiger partial charge on any atom is 0.397 e. The molecular weight excluding hydrogens is 352 g/mol. The van der Waals surface area contributed by atoms with Crippen LogP contribution in [0.5, 0.6) is 5.75 Å². The Bertz CT molecular complexity index is 598. The molecule has 0 saturated heterocycles. The van der Waals surface area contributed by atoms with Crippen molar-refractivity contribution in [2.45, 2.75) is 78.1 Å². The first-order valence-electron chi connectivity index (χ1n) is 9.82. The standard InChI is InChI=1S/C20H34O5S/c1-3-5-7-9-11-18-13-14-20(24-15-16-25-26(21,22)23)19(17-18)12-10-8-6-4-2/h13-14,17H,3-12,15-16H2,1-2H3,(H,21,22,23). The molecule has 0 aliphatic rings. The third-order valence-corrected chi connectivity index (χ3v) is 4.78. The third kappa shape index (κ3) is 10.8. The first kappa shape index (κ1) is 22.9. The summed E-state index contributed by atoms with van der Waals surface area (Å²) < 4.78 is 39.7. The zero-order valence-corrected chi connectivity index (χ0v) is 17.0. The molecule has 1 N–H and O–H groups in total. The fourth-order valence-electron chi connectivity index (χ4n) is 2.91. The van der Waals surface area contributed by atoms with Crippen molar-refractivity contribution in [2.24, 2.45) is 0 Å². The fraction of sp³-hybridized carbons (Fsp3) is 0.700. The van der Waals surface area contributed by atoms with E-state index in [1.54, 1.807) is 0 Å². The summed E-state index contributed by atoms with van der Waals surface area (Å²) >= 11 is 0. The van der Waals surface area contributed by atoms with Crippen LogP contribution in [-0.2, 0) is 27.4 Å². The summed E-state index contributed by atoms with van der Waals surface area (Å²) in [5, 5.41) is 0. The minimum atomic E-state index is -4.41. The van der Waals surface area contributed by atoms with E-state index in [-0.39, 0.29) is 13.2 Å². The average Bonchev–Trinajstić information content (AvgIpc) is 2.60. The highest BCUT2D eigenvalue weighted by molar-refractivity contribution is 7.80. The van der Waals surface area contributed by atoms with Crippen molar-refractivity contribution >= 4 is 10.4 Å². The van der Waals surface area contributed by atoms with Crippen molar-refractivity contribution in [2.75, 3.05) is 13.2 Å². The molecule has 0 saturated carbocycles. The molecule has 1 rings (SSSR count). The molecule has 5 nitrogen and oxygen atoms in total. The first-order chi connectivity index (χ1) is 12.5. The number of benzene rings is 1. The lowest BCUT2D eigenvalue weighted by Crippen LogP contribution is -2.12. The zero-order valence-electron chi connectivity index (χ0n) is 16.2. The molecule has 0 atom stereocenters. The van der Waals surface area contributed by atoms with Crippen molar-refractivity contribution in [1.82, 2.24) is 0 Å². The Labute approximate surface area is 159 Å². The molecule has 0 aliphatic heterocycles. The van der Waals surface area contributed by atoms with Crippen LogP contribution < -0.4 is 4.74 Å². The number of rotatable bonds is 15. The van der Waals surface area contributed by atoms with E-state index < -0.39 is 10.4 Å². The number of hydrogen-bond acceptors (Lipinski definition) is 4. The Kier molecular flexibility index (Phi) is 11.6. The van der Waals surface area contributed by atoms with Gasteiger partial charge in [-0.1, -0.05) is 64.5 Å². The SMILES string of the molecule is CCCCCCc1ccc(OCCOS(=O)(=O)O)c(CCCCCC)c1. The first-order valence-corrected chi connectivity index (χ1v) is 11.2. The smallest absolute Gasteiger partial charge is 0.397 e. The molecule has 0 bridgehead atoms. The second-order valence-electron chi connectivity index (χ2n) is 6.66. The van der Waals surface area contributed by atoms with Gasteiger partial charge in [0, 0.05) is 0 Å². The Morgan fingerprint density at radius 2 is 1.54 bits per heavy atom. The highest BCUT2D eigenvalue weighted by Crippen LogP contribution is 2.24. The van der Waals surface area contributed by atoms with E-state index >= 15 is 0 Å². The van der Waals surface area contributed by atoms with Gasteiger partial charge in [0.25, 0.3) is 0 Å². The number of hydrogen-bond donors (Lipinski definition) is 1. The minimum Gasteiger partial charge on any atom is -0.491 e. The molecule has 0 radical (unpaired) electrons. The lowest BCUT2D eigenvalue weighted by atomic mass is 9.99. The van der Waals surface area contributed by atoms with Crippen LogP contribution in [0.25, 0.3) is 0 Å². The van der Waals surface area contributed by atoms with Gasteiger partial charge >= 0.3 is 10.4 Å². The minimum absolute atomic E-state index is 0.0809. The summed E-state index contributed by atoms with van der Waals surface area (Å²) in [7, 11) is -4.41. The van der Waals surface area contributed by atoms with Crippen molar-refractivity contribution in [3.63, 3.8) is 0 Å². The number of aryl methyl sites for hydroxylation is 2. The summed E-state index contributed by atoms with van der Waals surface area (Å²) in [5.41, 5.74) is 2.49. The second-order valence-corrected chi connectivity index (χ2v) is 7.75. The van der Waals surface area contributed by atoms with E-state index in [4.69, 9.17) is 9.29 Å². The van der Waals surface area contributed by atoms with Crippen molar-refractivity contribution in [3.8, 4) is 5.75 Å². The van der Waals surface area contributed by atoms with E-state index in [0.717, 1.165) is 25.0 Å². The van der Waals surface area contributed by atoms with Gasteiger partial charge in [0.05, 0.1) is 0 Å². The maximum atomic E-state index is 10.6. The Hall–Kier alpha value is -1.11. The van der Waals surface area contributed by atoms with Crippen molar-refractivity contribution in [3.05, 3.63) is 29.3 Å². The van der Waals surface area contributed by atoms with Gasteiger partial charge in [-0.05, 0) is 42.9 Å². The monoisotopic (exact) mass is 386 g/mol. The molecule has 26 heavy (non-hydrogen) atoms. The van der Waals surface area contributed by atoms with Gasteiger partial charge in [0.15, 0.2) is 0 Å². The molecule has 0 fully saturated rings. The van der Waals surface area contributed by atoms with Crippen LogP contribution in [0, 0.1) is 0 Å². The van der Waals surface area contributed by atoms with E-state index in [9.17, 15) is 8.42 Å². The van der Waals surface area contributed by atoms with Crippen LogP contribution in [0.2, 0.25) is 0 Å². The van der Waals surface area contributed by atoms with E-state index in [1.807, 2.05) is 6.07 Å². The van der Waals surface area contributed by atoms with E-state index in [2.05, 4.69) is 30.2 Å². The average molecular weight is 387 g/mol. The number of ether oxygens (including phenoxy) is 1. The molecule has 0 aromatic heterocycles. The van der Waals surface area contributed by atoms with Crippen LogP contribution >= 0.6 is 0 Å². The van der Waals surface area contributed by atoms with Crippen molar-refractivity contribution < 1.29 is 21.9 Å². The summed E-state index contributed by atoms with van der Waals surface area (Å²) in [6.07, 6.45) is 11.8. The predicted octanol–water partition coefficient (Wildman–Crippen LogP) is 5.13. The molecule has 0 aliphatic carbocycles. The van der Waals surface area contributed by atoms with Gasteiger partial charge < -0.3 is 4.74 Å². The molecule has 0 amide bonds. The molecule has 1 aromatic rings. The zero-order chi connectivity index (χ0) is 19.3. The predicted molar refractivity (Wildman–Crippen MR) is 105 cm³/mol. The number of unbranched alkanes of at least 4 members (excludes halogenated alkanes) is 6. The summed E-state index contributed by atoms with van der Waals surface area (Å²) in [5.74, 6) is 0.776. The molecular formula is C20H34O5S. The third-order valence-electron chi connectivity index (χ3n) is 4.32. The van der Waals surface area contributed by atoms with Gasteiger partial charge in [-0.3, -0.25) is 4.55 Å². The molecule has 0 unspecified atom stereocenters. The van der Waals surface area contributed by atoms with Crippen LogP contribution in [0.4, 0.5) is 0 Å². The van der Waals surface area contributed by atoms with Gasteiger partial charge in [-0.2, -0.15) is 8.42 Å². The highest BCUT2D eigenvalue weighted by atomic mass is 32.3. The fourth-order valence-corrected chi connectivity index (χ4v) is 3.19. The maximum absolute atomic E-state index is 10.6. The largest absolute Gasteiger partial charge is 0.491 e. The van der Waals surface area contributed by atoms with Gasteiger partial charge in [-0.25, -0.2) is 4.18 Å². The lowest BCUT2D eigenvalue weighted by Gasteiger charge is -2.13. The normalized spacial score (nSPS) is 11.7. The van der Waals surface area contributed by atoms with Crippen LogP contribution in [0.15, 0.2) is 18.2 Å². The van der Waals surface area contributed by atoms with Crippen molar-refractivity contribution in [1.29, 1.82) is 0 Å². The van der Waals surface area contributed by atoms with Gasteiger partial charge in [-0.15, -0.1) is 0 Å². The molecule has 0 spiro atoms. The summed E-state index contributed by atoms with van der Waals surface area (Å²) in [6.45, 7) is 4.29. The Balaban J connectivity index is 2.63. The van der Waals surface area contributed by atoms with E-state index in [0.29, 0.717) is 0 Å². The highest BCUT2D eigenvalue weighted by Gasteiger charge is 2.08. The van der Waals surface area contributed by atoms with Crippen LogP contribution in [0.3, 0.4) is 0 Å².